The number of rotatable bonds is 7. The molecule has 94 valence electrons. The third kappa shape index (κ3) is 3.86. The number of hydrogen-bond donors (Lipinski definition) is 1. The summed E-state index contributed by atoms with van der Waals surface area (Å²) in [7, 11) is 0. The second kappa shape index (κ2) is 7.07. The van der Waals surface area contributed by atoms with Crippen LogP contribution in [0.5, 0.6) is 0 Å². The van der Waals surface area contributed by atoms with Crippen LogP contribution in [0, 0.1) is 0 Å². The van der Waals surface area contributed by atoms with E-state index in [9.17, 15) is 9.90 Å². The highest BCUT2D eigenvalue weighted by molar-refractivity contribution is 5.75. The molecule has 0 aromatic heterocycles. The molecule has 0 heterocycles. The highest BCUT2D eigenvalue weighted by atomic mass is 16.4. The van der Waals surface area contributed by atoms with Crippen LogP contribution in [0.2, 0.25) is 0 Å². The molecule has 1 N–H and O–H groups in total. The average Bonchev–Trinajstić information content (AvgIpc) is 2.35. The Kier molecular flexibility index (Phi) is 5.70. The van der Waals surface area contributed by atoms with E-state index in [1.807, 2.05) is 42.2 Å². The number of nitrogens with zero attached hydrogens (tertiary/aromatic N) is 1. The minimum absolute atomic E-state index is 0.521. The number of carboxylic acids is 1. The Hall–Kier alpha value is -1.35. The highest BCUT2D eigenvalue weighted by Crippen LogP contribution is 2.21. The van der Waals surface area contributed by atoms with Gasteiger partial charge in [-0.05, 0) is 25.1 Å². The molecule has 1 aromatic carbocycles. The van der Waals surface area contributed by atoms with Gasteiger partial charge in [0.05, 0.1) is 0 Å². The zero-order valence-corrected chi connectivity index (χ0v) is 10.6. The van der Waals surface area contributed by atoms with Crippen LogP contribution in [-0.4, -0.2) is 29.1 Å². The number of benzene rings is 1. The highest BCUT2D eigenvalue weighted by Gasteiger charge is 2.25. The topological polar surface area (TPSA) is 40.5 Å². The Labute approximate surface area is 103 Å². The quantitative estimate of drug-likeness (QED) is 0.790. The predicted molar refractivity (Wildman–Crippen MR) is 69.0 cm³/mol. The summed E-state index contributed by atoms with van der Waals surface area (Å²) in [4.78, 5) is 13.4. The van der Waals surface area contributed by atoms with Crippen molar-refractivity contribution in [1.82, 2.24) is 4.90 Å². The van der Waals surface area contributed by atoms with Crippen molar-refractivity contribution in [3.63, 3.8) is 0 Å². The van der Waals surface area contributed by atoms with Crippen molar-refractivity contribution in [2.75, 3.05) is 13.1 Å². The number of likely N-dealkylation sites (N-methyl/N-ethyl adjacent to an activating group) is 1. The minimum Gasteiger partial charge on any atom is -0.480 e. The first-order valence-electron chi connectivity index (χ1n) is 6.22. The number of unbranched alkanes of at least 4 members (excludes halogenated alkanes) is 1. The fraction of sp³-hybridized carbons (Fsp3) is 0.500. The minimum atomic E-state index is -0.769. The number of hydrogen-bond acceptors (Lipinski definition) is 2. The maximum absolute atomic E-state index is 11.4. The van der Waals surface area contributed by atoms with E-state index in [1.54, 1.807) is 0 Å². The molecular formula is C14H21NO2. The molecule has 3 heteroatoms. The molecule has 0 aliphatic heterocycles. The molecule has 0 bridgehead atoms. The summed E-state index contributed by atoms with van der Waals surface area (Å²) < 4.78 is 0. The van der Waals surface area contributed by atoms with Crippen molar-refractivity contribution in [2.24, 2.45) is 0 Å². The number of carbonyl (C=O) groups is 1. The molecule has 0 saturated carbocycles. The Bertz CT molecular complexity index is 337. The molecule has 0 aliphatic rings. The maximum Gasteiger partial charge on any atom is 0.325 e. The van der Waals surface area contributed by atoms with Gasteiger partial charge < -0.3 is 5.11 Å². The van der Waals surface area contributed by atoms with Gasteiger partial charge in [0, 0.05) is 0 Å². The fourth-order valence-corrected chi connectivity index (χ4v) is 1.98. The molecule has 3 nitrogen and oxygen atoms in total. The predicted octanol–water partition coefficient (Wildman–Crippen LogP) is 2.93. The van der Waals surface area contributed by atoms with Crippen molar-refractivity contribution >= 4 is 5.97 Å². The molecular weight excluding hydrogens is 214 g/mol. The molecule has 1 aromatic rings. The molecule has 1 rings (SSSR count). The molecule has 0 spiro atoms. The van der Waals surface area contributed by atoms with Gasteiger partial charge in [0.2, 0.25) is 0 Å². The SMILES string of the molecule is CCCCN(CC)[C@@H](C(=O)O)c1ccccc1. The lowest BCUT2D eigenvalue weighted by Gasteiger charge is -2.27. The van der Waals surface area contributed by atoms with Crippen molar-refractivity contribution in [1.29, 1.82) is 0 Å². The van der Waals surface area contributed by atoms with Crippen LogP contribution in [0.3, 0.4) is 0 Å². The monoisotopic (exact) mass is 235 g/mol. The Morgan fingerprint density at radius 2 is 1.94 bits per heavy atom. The Morgan fingerprint density at radius 3 is 2.41 bits per heavy atom. The van der Waals surface area contributed by atoms with Gasteiger partial charge in [-0.15, -0.1) is 0 Å². The van der Waals surface area contributed by atoms with Gasteiger partial charge in [-0.3, -0.25) is 9.69 Å². The summed E-state index contributed by atoms with van der Waals surface area (Å²) in [6, 6.07) is 8.93. The van der Waals surface area contributed by atoms with E-state index in [-0.39, 0.29) is 0 Å². The largest absolute Gasteiger partial charge is 0.480 e. The second-order valence-electron chi connectivity index (χ2n) is 4.13. The van der Waals surface area contributed by atoms with E-state index in [1.165, 1.54) is 0 Å². The van der Waals surface area contributed by atoms with E-state index in [4.69, 9.17) is 0 Å². The molecule has 17 heavy (non-hydrogen) atoms. The van der Waals surface area contributed by atoms with Gasteiger partial charge in [0.15, 0.2) is 0 Å². The molecule has 0 saturated heterocycles. The molecule has 0 radical (unpaired) electrons. The normalized spacial score (nSPS) is 12.6. The van der Waals surface area contributed by atoms with E-state index < -0.39 is 12.0 Å². The summed E-state index contributed by atoms with van der Waals surface area (Å²) >= 11 is 0. The molecule has 0 aliphatic carbocycles. The van der Waals surface area contributed by atoms with E-state index >= 15 is 0 Å². The van der Waals surface area contributed by atoms with Crippen molar-refractivity contribution in [3.8, 4) is 0 Å². The zero-order valence-electron chi connectivity index (χ0n) is 10.6. The standard InChI is InChI=1S/C14H21NO2/c1-3-5-11-15(4-2)13(14(16)17)12-9-7-6-8-10-12/h6-10,13H,3-5,11H2,1-2H3,(H,16,17)/t13-/m1/s1. The van der Waals surface area contributed by atoms with Crippen LogP contribution >= 0.6 is 0 Å². The fourth-order valence-electron chi connectivity index (χ4n) is 1.98. The molecule has 0 fully saturated rings. The molecule has 0 unspecified atom stereocenters. The lowest BCUT2D eigenvalue weighted by atomic mass is 10.1. The Balaban J connectivity index is 2.87. The smallest absolute Gasteiger partial charge is 0.325 e. The van der Waals surface area contributed by atoms with E-state index in [0.717, 1.165) is 31.5 Å². The van der Waals surface area contributed by atoms with Crippen LogP contribution in [-0.2, 0) is 4.79 Å². The van der Waals surface area contributed by atoms with Gasteiger partial charge in [0.25, 0.3) is 0 Å². The first kappa shape index (κ1) is 13.7. The van der Waals surface area contributed by atoms with Gasteiger partial charge in [0.1, 0.15) is 6.04 Å². The molecule has 1 atom stereocenters. The van der Waals surface area contributed by atoms with Gasteiger partial charge in [-0.1, -0.05) is 50.6 Å². The van der Waals surface area contributed by atoms with Gasteiger partial charge in [-0.2, -0.15) is 0 Å². The summed E-state index contributed by atoms with van der Waals surface area (Å²) in [6.07, 6.45) is 2.11. The lowest BCUT2D eigenvalue weighted by Crippen LogP contribution is -2.34. The van der Waals surface area contributed by atoms with Crippen molar-refractivity contribution < 1.29 is 9.90 Å². The van der Waals surface area contributed by atoms with E-state index in [0.29, 0.717) is 0 Å². The summed E-state index contributed by atoms with van der Waals surface area (Å²) in [6.45, 7) is 5.71. The molecule has 0 amide bonds. The van der Waals surface area contributed by atoms with Crippen LogP contribution in [0.1, 0.15) is 38.3 Å². The number of aliphatic carboxylic acids is 1. The van der Waals surface area contributed by atoms with Gasteiger partial charge in [-0.25, -0.2) is 0 Å². The third-order valence-corrected chi connectivity index (χ3v) is 2.92. The Morgan fingerprint density at radius 1 is 1.29 bits per heavy atom. The number of carboxylic acid groups (broad SMARTS) is 1. The van der Waals surface area contributed by atoms with Crippen LogP contribution in [0.15, 0.2) is 30.3 Å². The average molecular weight is 235 g/mol. The maximum atomic E-state index is 11.4. The van der Waals surface area contributed by atoms with Crippen molar-refractivity contribution in [2.45, 2.75) is 32.7 Å². The second-order valence-corrected chi connectivity index (χ2v) is 4.13. The summed E-state index contributed by atoms with van der Waals surface area (Å²) in [5, 5.41) is 9.39. The van der Waals surface area contributed by atoms with Crippen LogP contribution in [0.4, 0.5) is 0 Å². The van der Waals surface area contributed by atoms with E-state index in [2.05, 4.69) is 6.92 Å². The zero-order chi connectivity index (χ0) is 12.7. The first-order chi connectivity index (χ1) is 8.20. The van der Waals surface area contributed by atoms with Gasteiger partial charge >= 0.3 is 5.97 Å². The first-order valence-corrected chi connectivity index (χ1v) is 6.22. The van der Waals surface area contributed by atoms with Crippen molar-refractivity contribution in [3.05, 3.63) is 35.9 Å². The van der Waals surface area contributed by atoms with Crippen LogP contribution in [0.25, 0.3) is 0 Å². The summed E-state index contributed by atoms with van der Waals surface area (Å²) in [5.74, 6) is -0.769. The summed E-state index contributed by atoms with van der Waals surface area (Å²) in [5.41, 5.74) is 0.859. The lowest BCUT2D eigenvalue weighted by molar-refractivity contribution is -0.143. The third-order valence-electron chi connectivity index (χ3n) is 2.92. The van der Waals surface area contributed by atoms with Crippen LogP contribution < -0.4 is 0 Å².